The van der Waals surface area contributed by atoms with E-state index < -0.39 is 0 Å². The third-order valence-electron chi connectivity index (χ3n) is 3.59. The molecule has 0 atom stereocenters. The predicted molar refractivity (Wildman–Crippen MR) is 93.4 cm³/mol. The average molecular weight is 327 g/mol. The Morgan fingerprint density at radius 1 is 1.13 bits per heavy atom. The largest absolute Gasteiger partial charge is 0.340 e. The summed E-state index contributed by atoms with van der Waals surface area (Å²) in [6.45, 7) is 1.53. The first kappa shape index (κ1) is 15.2. The van der Waals surface area contributed by atoms with Gasteiger partial charge in [0.1, 0.15) is 12.1 Å². The first-order valence-corrected chi connectivity index (χ1v) is 7.44. The molecule has 0 aliphatic rings. The lowest BCUT2D eigenvalue weighted by atomic mass is 10.2. The molecular weight excluding hydrogens is 312 g/mol. The molecule has 3 aromatic rings. The number of amides is 1. The Hall–Kier alpha value is -2.66. The molecule has 0 unspecified atom stereocenters. The van der Waals surface area contributed by atoms with Gasteiger partial charge in [0, 0.05) is 35.8 Å². The van der Waals surface area contributed by atoms with Crippen molar-refractivity contribution in [3.05, 3.63) is 53.8 Å². The molecule has 23 heavy (non-hydrogen) atoms. The molecule has 0 aliphatic heterocycles. The van der Waals surface area contributed by atoms with Crippen molar-refractivity contribution >= 4 is 45.6 Å². The Bertz CT molecular complexity index is 864. The summed E-state index contributed by atoms with van der Waals surface area (Å²) in [7, 11) is 1.74. The Morgan fingerprint density at radius 3 is 2.57 bits per heavy atom. The molecule has 6 heteroatoms. The minimum Gasteiger partial charge on any atom is -0.340 e. The van der Waals surface area contributed by atoms with Crippen LogP contribution >= 0.6 is 11.6 Å². The van der Waals surface area contributed by atoms with E-state index >= 15 is 0 Å². The summed E-state index contributed by atoms with van der Waals surface area (Å²) < 4.78 is 0. The second-order valence-electron chi connectivity index (χ2n) is 5.13. The molecule has 1 amide bonds. The number of nitrogens with one attached hydrogen (secondary N) is 1. The lowest BCUT2D eigenvalue weighted by Gasteiger charge is -2.15. The van der Waals surface area contributed by atoms with Crippen LogP contribution in [0.2, 0.25) is 5.02 Å². The molecule has 116 valence electrons. The second-order valence-corrected chi connectivity index (χ2v) is 5.57. The SMILES string of the molecule is CC(=O)N(C)c1ccc(Nc2ncnc3cc(Cl)ccc23)cc1. The maximum atomic E-state index is 11.4. The molecule has 0 saturated heterocycles. The molecule has 0 fully saturated rings. The summed E-state index contributed by atoms with van der Waals surface area (Å²) in [6, 6.07) is 13.1. The molecule has 1 N–H and O–H groups in total. The van der Waals surface area contributed by atoms with Crippen molar-refractivity contribution in [2.75, 3.05) is 17.3 Å². The highest BCUT2D eigenvalue weighted by Crippen LogP contribution is 2.26. The summed E-state index contributed by atoms with van der Waals surface area (Å²) in [5.41, 5.74) is 2.49. The second kappa shape index (κ2) is 6.22. The standard InChI is InChI=1S/C17H15ClN4O/c1-11(23)22(2)14-6-4-13(5-7-14)21-17-15-8-3-12(18)9-16(15)19-10-20-17/h3-10H,1-2H3,(H,19,20,21). The van der Waals surface area contributed by atoms with Crippen LogP contribution in [-0.2, 0) is 4.79 Å². The zero-order chi connectivity index (χ0) is 16.4. The number of benzene rings is 2. The van der Waals surface area contributed by atoms with E-state index in [1.807, 2.05) is 36.4 Å². The summed E-state index contributed by atoms with van der Waals surface area (Å²) in [5.74, 6) is 0.698. The van der Waals surface area contributed by atoms with E-state index in [2.05, 4.69) is 15.3 Å². The Labute approximate surface area is 138 Å². The Morgan fingerprint density at radius 2 is 1.87 bits per heavy atom. The third-order valence-corrected chi connectivity index (χ3v) is 3.82. The summed E-state index contributed by atoms with van der Waals surface area (Å²) in [6.07, 6.45) is 1.50. The van der Waals surface area contributed by atoms with Crippen LogP contribution in [0.1, 0.15) is 6.92 Å². The molecule has 2 aromatic carbocycles. The third kappa shape index (κ3) is 3.24. The van der Waals surface area contributed by atoms with Crippen molar-refractivity contribution in [2.24, 2.45) is 0 Å². The maximum absolute atomic E-state index is 11.4. The van der Waals surface area contributed by atoms with E-state index in [-0.39, 0.29) is 5.91 Å². The average Bonchev–Trinajstić information content (AvgIpc) is 2.54. The van der Waals surface area contributed by atoms with Crippen molar-refractivity contribution in [3.8, 4) is 0 Å². The predicted octanol–water partition coefficient (Wildman–Crippen LogP) is 4.01. The summed E-state index contributed by atoms with van der Waals surface area (Å²) in [5, 5.41) is 4.79. The maximum Gasteiger partial charge on any atom is 0.223 e. The number of hydrogen-bond donors (Lipinski definition) is 1. The topological polar surface area (TPSA) is 58.1 Å². The van der Waals surface area contributed by atoms with Crippen LogP contribution in [0, 0.1) is 0 Å². The van der Waals surface area contributed by atoms with Gasteiger partial charge in [-0.3, -0.25) is 4.79 Å². The van der Waals surface area contributed by atoms with E-state index in [1.54, 1.807) is 18.0 Å². The molecule has 0 spiro atoms. The highest BCUT2D eigenvalue weighted by Gasteiger charge is 2.07. The van der Waals surface area contributed by atoms with Crippen LogP contribution in [-0.4, -0.2) is 22.9 Å². The van der Waals surface area contributed by atoms with Crippen LogP contribution < -0.4 is 10.2 Å². The molecule has 1 heterocycles. The van der Waals surface area contributed by atoms with Crippen LogP contribution in [0.15, 0.2) is 48.8 Å². The molecule has 1 aromatic heterocycles. The molecule has 0 saturated carbocycles. The number of halogens is 1. The van der Waals surface area contributed by atoms with Gasteiger partial charge in [0.15, 0.2) is 0 Å². The highest BCUT2D eigenvalue weighted by molar-refractivity contribution is 6.31. The van der Waals surface area contributed by atoms with Crippen molar-refractivity contribution in [1.29, 1.82) is 0 Å². The number of carbonyl (C=O) groups excluding carboxylic acids is 1. The lowest BCUT2D eigenvalue weighted by molar-refractivity contribution is -0.116. The van der Waals surface area contributed by atoms with Crippen molar-refractivity contribution < 1.29 is 4.79 Å². The van der Waals surface area contributed by atoms with Gasteiger partial charge >= 0.3 is 0 Å². The van der Waals surface area contributed by atoms with Gasteiger partial charge in [-0.15, -0.1) is 0 Å². The minimum absolute atomic E-state index is 0.00983. The van der Waals surface area contributed by atoms with E-state index in [1.165, 1.54) is 13.3 Å². The van der Waals surface area contributed by atoms with Gasteiger partial charge in [-0.1, -0.05) is 11.6 Å². The minimum atomic E-state index is -0.00983. The molecular formula is C17H15ClN4O. The van der Waals surface area contributed by atoms with Gasteiger partial charge in [-0.2, -0.15) is 0 Å². The fraction of sp³-hybridized carbons (Fsp3) is 0.118. The summed E-state index contributed by atoms with van der Waals surface area (Å²) in [4.78, 5) is 21.5. The monoisotopic (exact) mass is 326 g/mol. The van der Waals surface area contributed by atoms with E-state index in [0.717, 1.165) is 22.3 Å². The highest BCUT2D eigenvalue weighted by atomic mass is 35.5. The molecule has 0 bridgehead atoms. The van der Waals surface area contributed by atoms with Crippen LogP contribution in [0.3, 0.4) is 0 Å². The summed E-state index contributed by atoms with van der Waals surface area (Å²) >= 11 is 5.99. The van der Waals surface area contributed by atoms with Gasteiger partial charge < -0.3 is 10.2 Å². The van der Waals surface area contributed by atoms with Gasteiger partial charge in [0.25, 0.3) is 0 Å². The van der Waals surface area contributed by atoms with Crippen molar-refractivity contribution in [3.63, 3.8) is 0 Å². The fourth-order valence-corrected chi connectivity index (χ4v) is 2.38. The van der Waals surface area contributed by atoms with Gasteiger partial charge in [-0.25, -0.2) is 9.97 Å². The zero-order valence-corrected chi connectivity index (χ0v) is 13.5. The van der Waals surface area contributed by atoms with E-state index in [9.17, 15) is 4.79 Å². The normalized spacial score (nSPS) is 10.6. The number of fused-ring (bicyclic) bond motifs is 1. The fourth-order valence-electron chi connectivity index (χ4n) is 2.22. The van der Waals surface area contributed by atoms with Gasteiger partial charge in [0.2, 0.25) is 5.91 Å². The van der Waals surface area contributed by atoms with Crippen LogP contribution in [0.4, 0.5) is 17.2 Å². The van der Waals surface area contributed by atoms with Crippen molar-refractivity contribution in [2.45, 2.75) is 6.92 Å². The number of rotatable bonds is 3. The smallest absolute Gasteiger partial charge is 0.223 e. The van der Waals surface area contributed by atoms with Crippen LogP contribution in [0.25, 0.3) is 10.9 Å². The first-order chi connectivity index (χ1) is 11.0. The van der Waals surface area contributed by atoms with Crippen LogP contribution in [0.5, 0.6) is 0 Å². The number of carbonyl (C=O) groups is 1. The van der Waals surface area contributed by atoms with E-state index in [4.69, 9.17) is 11.6 Å². The first-order valence-electron chi connectivity index (χ1n) is 7.06. The molecule has 5 nitrogen and oxygen atoms in total. The lowest BCUT2D eigenvalue weighted by Crippen LogP contribution is -2.22. The van der Waals surface area contributed by atoms with Gasteiger partial charge in [0.05, 0.1) is 5.52 Å². The zero-order valence-electron chi connectivity index (χ0n) is 12.7. The number of nitrogens with zero attached hydrogens (tertiary/aromatic N) is 3. The Kier molecular flexibility index (Phi) is 4.12. The van der Waals surface area contributed by atoms with Gasteiger partial charge in [-0.05, 0) is 42.5 Å². The Balaban J connectivity index is 1.89. The number of hydrogen-bond acceptors (Lipinski definition) is 4. The molecule has 0 radical (unpaired) electrons. The molecule has 0 aliphatic carbocycles. The number of aromatic nitrogens is 2. The number of anilines is 3. The molecule has 3 rings (SSSR count). The van der Waals surface area contributed by atoms with Crippen molar-refractivity contribution in [1.82, 2.24) is 9.97 Å². The van der Waals surface area contributed by atoms with E-state index in [0.29, 0.717) is 10.8 Å². The quantitative estimate of drug-likeness (QED) is 0.790.